The molecule has 2 heterocycles. The third-order valence-electron chi connectivity index (χ3n) is 4.24. The van der Waals surface area contributed by atoms with Crippen molar-refractivity contribution in [2.75, 3.05) is 25.5 Å². The number of ether oxygens (including phenoxy) is 1. The molecule has 0 aliphatic carbocycles. The van der Waals surface area contributed by atoms with Crippen molar-refractivity contribution in [2.45, 2.75) is 25.7 Å². The highest BCUT2D eigenvalue weighted by atomic mass is 16.5. The Morgan fingerprint density at radius 2 is 1.88 bits per heavy atom. The molecule has 3 rings (SSSR count). The van der Waals surface area contributed by atoms with E-state index in [2.05, 4.69) is 10.3 Å². The van der Waals surface area contributed by atoms with Gasteiger partial charge in [0, 0.05) is 31.0 Å². The van der Waals surface area contributed by atoms with Gasteiger partial charge in [-0.05, 0) is 31.0 Å². The van der Waals surface area contributed by atoms with Crippen LogP contribution >= 0.6 is 0 Å². The molecule has 1 saturated heterocycles. The Kier molecular flexibility index (Phi) is 5.31. The Morgan fingerprint density at radius 3 is 2.62 bits per heavy atom. The average Bonchev–Trinajstić information content (AvgIpc) is 2.91. The smallest absolute Gasteiger partial charge is 0.255 e. The number of rotatable bonds is 4. The van der Waals surface area contributed by atoms with Gasteiger partial charge in [0.05, 0.1) is 24.6 Å². The molecular formula is C19H23N3O2. The topological polar surface area (TPSA) is 54.5 Å². The molecule has 1 aliphatic rings. The number of nitrogens with zero attached hydrogens (tertiary/aromatic N) is 2. The fraction of sp³-hybridized carbons (Fsp3) is 0.368. The molecule has 126 valence electrons. The van der Waals surface area contributed by atoms with Crippen LogP contribution in [0.1, 0.15) is 36.0 Å². The number of nitrogens with one attached hydrogen (secondary N) is 1. The van der Waals surface area contributed by atoms with Crippen LogP contribution in [0, 0.1) is 0 Å². The van der Waals surface area contributed by atoms with Crippen molar-refractivity contribution in [3.05, 3.63) is 48.3 Å². The molecule has 2 aromatic rings. The van der Waals surface area contributed by atoms with E-state index in [9.17, 15) is 4.79 Å². The van der Waals surface area contributed by atoms with Crippen LogP contribution < -0.4 is 10.1 Å². The van der Waals surface area contributed by atoms with Crippen molar-refractivity contribution < 1.29 is 9.53 Å². The number of hydrogen-bond acceptors (Lipinski definition) is 4. The van der Waals surface area contributed by atoms with E-state index in [1.807, 2.05) is 35.2 Å². The van der Waals surface area contributed by atoms with E-state index in [-0.39, 0.29) is 5.91 Å². The van der Waals surface area contributed by atoms with E-state index in [1.165, 1.54) is 12.8 Å². The molecule has 1 aliphatic heterocycles. The van der Waals surface area contributed by atoms with Crippen molar-refractivity contribution in [2.24, 2.45) is 0 Å². The van der Waals surface area contributed by atoms with Gasteiger partial charge in [0.15, 0.2) is 0 Å². The molecule has 0 bridgehead atoms. The third-order valence-corrected chi connectivity index (χ3v) is 4.24. The number of amides is 1. The lowest BCUT2D eigenvalue weighted by Crippen LogP contribution is -2.31. The van der Waals surface area contributed by atoms with Crippen molar-refractivity contribution in [1.82, 2.24) is 9.88 Å². The Morgan fingerprint density at radius 1 is 1.08 bits per heavy atom. The lowest BCUT2D eigenvalue weighted by Gasteiger charge is -2.20. The van der Waals surface area contributed by atoms with Gasteiger partial charge in [0.2, 0.25) is 0 Å². The Balaban J connectivity index is 1.74. The third kappa shape index (κ3) is 4.04. The fourth-order valence-electron chi connectivity index (χ4n) is 2.95. The van der Waals surface area contributed by atoms with Crippen molar-refractivity contribution in [1.29, 1.82) is 0 Å². The minimum atomic E-state index is 0.0682. The fourth-order valence-corrected chi connectivity index (χ4v) is 2.95. The number of benzene rings is 1. The molecule has 5 heteroatoms. The summed E-state index contributed by atoms with van der Waals surface area (Å²) >= 11 is 0. The van der Waals surface area contributed by atoms with Gasteiger partial charge < -0.3 is 15.0 Å². The highest BCUT2D eigenvalue weighted by molar-refractivity contribution is 5.95. The van der Waals surface area contributed by atoms with Crippen LogP contribution in [-0.2, 0) is 0 Å². The first-order chi connectivity index (χ1) is 11.8. The number of aromatic nitrogens is 1. The normalized spacial score (nSPS) is 14.8. The number of likely N-dealkylation sites (tertiary alicyclic amines) is 1. The number of carbonyl (C=O) groups excluding carboxylic acids is 1. The van der Waals surface area contributed by atoms with Gasteiger partial charge in [-0.15, -0.1) is 0 Å². The van der Waals surface area contributed by atoms with Crippen LogP contribution in [0.5, 0.6) is 5.75 Å². The monoisotopic (exact) mass is 325 g/mol. The maximum absolute atomic E-state index is 12.7. The quantitative estimate of drug-likeness (QED) is 0.927. The van der Waals surface area contributed by atoms with Crippen LogP contribution in [0.4, 0.5) is 11.4 Å². The lowest BCUT2D eigenvalue weighted by atomic mass is 10.2. The molecular weight excluding hydrogens is 302 g/mol. The van der Waals surface area contributed by atoms with E-state index < -0.39 is 0 Å². The first-order valence-electron chi connectivity index (χ1n) is 8.42. The molecule has 1 N–H and O–H groups in total. The van der Waals surface area contributed by atoms with Gasteiger partial charge in [-0.2, -0.15) is 0 Å². The first-order valence-corrected chi connectivity index (χ1v) is 8.42. The van der Waals surface area contributed by atoms with Crippen molar-refractivity contribution in [3.63, 3.8) is 0 Å². The molecule has 0 atom stereocenters. The standard InChI is InChI=1S/C19H23N3O2/c1-24-18-8-6-7-16(12-18)21-17-11-15(13-20-14-17)19(23)22-9-4-2-3-5-10-22/h6-8,11-14,21H,2-5,9-10H2,1H3. The predicted octanol–water partition coefficient (Wildman–Crippen LogP) is 3.85. The second-order valence-corrected chi connectivity index (χ2v) is 6.03. The molecule has 0 saturated carbocycles. The van der Waals surface area contributed by atoms with Gasteiger partial charge in [-0.3, -0.25) is 9.78 Å². The Labute approximate surface area is 142 Å². The number of methoxy groups -OCH3 is 1. The number of pyridine rings is 1. The second kappa shape index (κ2) is 7.81. The predicted molar refractivity (Wildman–Crippen MR) is 94.9 cm³/mol. The molecule has 1 fully saturated rings. The summed E-state index contributed by atoms with van der Waals surface area (Å²) < 4.78 is 5.23. The highest BCUT2D eigenvalue weighted by Crippen LogP contribution is 2.22. The molecule has 1 amide bonds. The summed E-state index contributed by atoms with van der Waals surface area (Å²) in [6.45, 7) is 1.68. The zero-order chi connectivity index (χ0) is 16.8. The molecule has 1 aromatic carbocycles. The zero-order valence-electron chi connectivity index (χ0n) is 14.0. The molecule has 24 heavy (non-hydrogen) atoms. The van der Waals surface area contributed by atoms with Gasteiger partial charge in [-0.1, -0.05) is 18.9 Å². The maximum atomic E-state index is 12.7. The van der Waals surface area contributed by atoms with Crippen molar-refractivity contribution >= 4 is 17.3 Å². The summed E-state index contributed by atoms with van der Waals surface area (Å²) in [6.07, 6.45) is 7.95. The first kappa shape index (κ1) is 16.3. The lowest BCUT2D eigenvalue weighted by molar-refractivity contribution is 0.0761. The average molecular weight is 325 g/mol. The van der Waals surface area contributed by atoms with Gasteiger partial charge in [0.1, 0.15) is 5.75 Å². The SMILES string of the molecule is COc1cccc(Nc2cncc(C(=O)N3CCCCCC3)c2)c1. The number of carbonyl (C=O) groups is 1. The summed E-state index contributed by atoms with van der Waals surface area (Å²) in [5, 5.41) is 3.28. The Hall–Kier alpha value is -2.56. The second-order valence-electron chi connectivity index (χ2n) is 6.03. The van der Waals surface area contributed by atoms with Crippen molar-refractivity contribution in [3.8, 4) is 5.75 Å². The molecule has 0 spiro atoms. The van der Waals surface area contributed by atoms with Gasteiger partial charge in [0.25, 0.3) is 5.91 Å². The summed E-state index contributed by atoms with van der Waals surface area (Å²) in [7, 11) is 1.64. The minimum absolute atomic E-state index is 0.0682. The van der Waals surface area contributed by atoms with E-state index in [4.69, 9.17) is 4.74 Å². The number of hydrogen-bond donors (Lipinski definition) is 1. The van der Waals surface area contributed by atoms with Crippen LogP contribution in [-0.4, -0.2) is 36.0 Å². The summed E-state index contributed by atoms with van der Waals surface area (Å²) in [5.41, 5.74) is 2.32. The summed E-state index contributed by atoms with van der Waals surface area (Å²) in [5.74, 6) is 0.850. The summed E-state index contributed by atoms with van der Waals surface area (Å²) in [4.78, 5) is 18.9. The van der Waals surface area contributed by atoms with E-state index in [1.54, 1.807) is 19.5 Å². The van der Waals surface area contributed by atoms with Crippen LogP contribution in [0.25, 0.3) is 0 Å². The van der Waals surface area contributed by atoms with Gasteiger partial charge >= 0.3 is 0 Å². The van der Waals surface area contributed by atoms with Crippen LogP contribution in [0.3, 0.4) is 0 Å². The van der Waals surface area contributed by atoms with E-state index in [0.717, 1.165) is 43.1 Å². The number of anilines is 2. The van der Waals surface area contributed by atoms with Crippen LogP contribution in [0.15, 0.2) is 42.7 Å². The van der Waals surface area contributed by atoms with Crippen LogP contribution in [0.2, 0.25) is 0 Å². The minimum Gasteiger partial charge on any atom is -0.497 e. The molecule has 0 unspecified atom stereocenters. The van der Waals surface area contributed by atoms with Gasteiger partial charge in [-0.25, -0.2) is 0 Å². The van der Waals surface area contributed by atoms with E-state index >= 15 is 0 Å². The maximum Gasteiger partial charge on any atom is 0.255 e. The molecule has 1 aromatic heterocycles. The molecule has 5 nitrogen and oxygen atoms in total. The zero-order valence-corrected chi connectivity index (χ0v) is 14.0. The highest BCUT2D eigenvalue weighted by Gasteiger charge is 2.17. The largest absolute Gasteiger partial charge is 0.497 e. The molecule has 0 radical (unpaired) electrons. The summed E-state index contributed by atoms with van der Waals surface area (Å²) in [6, 6.07) is 9.53. The Bertz CT molecular complexity index is 695. The van der Waals surface area contributed by atoms with E-state index in [0.29, 0.717) is 5.56 Å².